The molecule has 0 radical (unpaired) electrons. The summed E-state index contributed by atoms with van der Waals surface area (Å²) in [6.45, 7) is 10.7. The Hall–Kier alpha value is -0.900. The highest BCUT2D eigenvalue weighted by Gasteiger charge is 2.28. The molecule has 0 spiro atoms. The van der Waals surface area contributed by atoms with Crippen LogP contribution in [-0.4, -0.2) is 49.3 Å². The van der Waals surface area contributed by atoms with Crippen molar-refractivity contribution in [2.45, 2.75) is 51.8 Å². The van der Waals surface area contributed by atoms with Gasteiger partial charge in [-0.25, -0.2) is 0 Å². The topological polar surface area (TPSA) is 24.5 Å². The van der Waals surface area contributed by atoms with Gasteiger partial charge in [-0.1, -0.05) is 37.3 Å². The van der Waals surface area contributed by atoms with E-state index in [2.05, 4.69) is 61.3 Å². The molecule has 1 aliphatic heterocycles. The van der Waals surface area contributed by atoms with E-state index in [1.54, 1.807) is 0 Å². The smallest absolute Gasteiger partial charge is 0.0855 e. The van der Waals surface area contributed by atoms with Crippen LogP contribution in [0.15, 0.2) is 30.3 Å². The highest BCUT2D eigenvalue weighted by molar-refractivity contribution is 5.14. The van der Waals surface area contributed by atoms with Gasteiger partial charge in [-0.05, 0) is 38.8 Å². The summed E-state index contributed by atoms with van der Waals surface area (Å²) >= 11 is 0. The molecule has 2 unspecified atom stereocenters. The number of nitrogens with one attached hydrogen (secondary N) is 1. The van der Waals surface area contributed by atoms with E-state index < -0.39 is 0 Å². The van der Waals surface area contributed by atoms with Crippen molar-refractivity contribution in [1.29, 1.82) is 0 Å². The fraction of sp³-hybridized carbons (Fsp3) is 0.667. The summed E-state index contributed by atoms with van der Waals surface area (Å²) in [4.78, 5) is 2.53. The van der Waals surface area contributed by atoms with Gasteiger partial charge in [0.25, 0.3) is 0 Å². The van der Waals surface area contributed by atoms with Crippen molar-refractivity contribution >= 4 is 0 Å². The standard InChI is InChI=1S/C18H30N2O/c1-4-19-17(11-10-16-8-6-5-7-9-16)18-14-20(15(2)3)12-13-21-18/h5-9,15,17-19H,4,10-14H2,1-3H3. The first-order chi connectivity index (χ1) is 10.2. The van der Waals surface area contributed by atoms with Gasteiger partial charge >= 0.3 is 0 Å². The summed E-state index contributed by atoms with van der Waals surface area (Å²) in [7, 11) is 0. The van der Waals surface area contributed by atoms with E-state index in [9.17, 15) is 0 Å². The molecule has 1 heterocycles. The van der Waals surface area contributed by atoms with E-state index in [0.717, 1.165) is 39.1 Å². The first kappa shape index (κ1) is 16.5. The molecule has 0 amide bonds. The van der Waals surface area contributed by atoms with Crippen LogP contribution in [0.4, 0.5) is 0 Å². The third kappa shape index (κ3) is 5.10. The average molecular weight is 290 g/mol. The Bertz CT molecular complexity index is 393. The molecule has 3 heteroatoms. The van der Waals surface area contributed by atoms with Gasteiger partial charge in [0.1, 0.15) is 0 Å². The molecule has 2 rings (SSSR count). The number of ether oxygens (including phenoxy) is 1. The fourth-order valence-electron chi connectivity index (χ4n) is 3.06. The fourth-order valence-corrected chi connectivity index (χ4v) is 3.06. The van der Waals surface area contributed by atoms with Crippen molar-refractivity contribution in [3.8, 4) is 0 Å². The van der Waals surface area contributed by atoms with E-state index >= 15 is 0 Å². The molecule has 1 fully saturated rings. The normalized spacial score (nSPS) is 21.6. The molecule has 1 aliphatic rings. The van der Waals surface area contributed by atoms with Crippen LogP contribution in [0.3, 0.4) is 0 Å². The Labute approximate surface area is 129 Å². The SMILES string of the molecule is CCNC(CCc1ccccc1)C1CN(C(C)C)CCO1. The minimum atomic E-state index is 0.310. The van der Waals surface area contributed by atoms with Crippen LogP contribution in [-0.2, 0) is 11.2 Å². The number of hydrogen-bond donors (Lipinski definition) is 1. The van der Waals surface area contributed by atoms with E-state index in [-0.39, 0.29) is 0 Å². The Morgan fingerprint density at radius 1 is 1.29 bits per heavy atom. The van der Waals surface area contributed by atoms with Gasteiger partial charge in [-0.2, -0.15) is 0 Å². The third-order valence-electron chi connectivity index (χ3n) is 4.36. The summed E-state index contributed by atoms with van der Waals surface area (Å²) < 4.78 is 6.06. The van der Waals surface area contributed by atoms with Crippen LogP contribution < -0.4 is 5.32 Å². The average Bonchev–Trinajstić information content (AvgIpc) is 2.52. The predicted octanol–water partition coefficient (Wildman–Crippen LogP) is 2.71. The number of benzene rings is 1. The van der Waals surface area contributed by atoms with Gasteiger partial charge in [0.2, 0.25) is 0 Å². The van der Waals surface area contributed by atoms with Crippen molar-refractivity contribution in [1.82, 2.24) is 10.2 Å². The summed E-state index contributed by atoms with van der Waals surface area (Å²) in [5, 5.41) is 3.63. The zero-order chi connectivity index (χ0) is 15.1. The Morgan fingerprint density at radius 2 is 2.05 bits per heavy atom. The van der Waals surface area contributed by atoms with Crippen LogP contribution >= 0.6 is 0 Å². The molecule has 0 bridgehead atoms. The van der Waals surface area contributed by atoms with Gasteiger partial charge in [0.05, 0.1) is 12.7 Å². The number of morpholine rings is 1. The molecule has 1 N–H and O–H groups in total. The Kier molecular flexibility index (Phi) is 6.68. The van der Waals surface area contributed by atoms with E-state index in [0.29, 0.717) is 18.2 Å². The molecule has 0 aromatic heterocycles. The number of hydrogen-bond acceptors (Lipinski definition) is 3. The molecule has 1 aromatic rings. The molecule has 21 heavy (non-hydrogen) atoms. The first-order valence-corrected chi connectivity index (χ1v) is 8.33. The number of likely N-dealkylation sites (N-methyl/N-ethyl adjacent to an activating group) is 1. The maximum Gasteiger partial charge on any atom is 0.0855 e. The second-order valence-corrected chi connectivity index (χ2v) is 6.19. The minimum absolute atomic E-state index is 0.310. The lowest BCUT2D eigenvalue weighted by Crippen LogP contribution is -2.53. The molecular formula is C18H30N2O. The van der Waals surface area contributed by atoms with Crippen molar-refractivity contribution in [2.75, 3.05) is 26.2 Å². The minimum Gasteiger partial charge on any atom is -0.374 e. The molecule has 0 saturated carbocycles. The van der Waals surface area contributed by atoms with Crippen molar-refractivity contribution < 1.29 is 4.74 Å². The van der Waals surface area contributed by atoms with Crippen molar-refractivity contribution in [3.05, 3.63) is 35.9 Å². The van der Waals surface area contributed by atoms with Gasteiger partial charge in [0, 0.05) is 25.2 Å². The highest BCUT2D eigenvalue weighted by Crippen LogP contribution is 2.16. The molecule has 118 valence electrons. The van der Waals surface area contributed by atoms with Gasteiger partial charge < -0.3 is 10.1 Å². The number of nitrogens with zero attached hydrogens (tertiary/aromatic N) is 1. The molecular weight excluding hydrogens is 260 g/mol. The number of rotatable bonds is 7. The summed E-state index contributed by atoms with van der Waals surface area (Å²) in [5.41, 5.74) is 1.41. The largest absolute Gasteiger partial charge is 0.374 e. The Morgan fingerprint density at radius 3 is 2.71 bits per heavy atom. The third-order valence-corrected chi connectivity index (χ3v) is 4.36. The molecule has 1 aromatic carbocycles. The lowest BCUT2D eigenvalue weighted by atomic mass is 9.99. The van der Waals surface area contributed by atoms with Crippen LogP contribution in [0.25, 0.3) is 0 Å². The lowest BCUT2D eigenvalue weighted by molar-refractivity contribution is -0.0562. The van der Waals surface area contributed by atoms with Crippen molar-refractivity contribution in [2.24, 2.45) is 0 Å². The zero-order valence-corrected chi connectivity index (χ0v) is 13.7. The second kappa shape index (κ2) is 8.52. The summed E-state index contributed by atoms with van der Waals surface area (Å²) in [5.74, 6) is 0. The molecule has 0 aliphatic carbocycles. The number of aryl methyl sites for hydroxylation is 1. The highest BCUT2D eigenvalue weighted by atomic mass is 16.5. The molecule has 2 atom stereocenters. The van der Waals surface area contributed by atoms with Crippen LogP contribution in [0.2, 0.25) is 0 Å². The van der Waals surface area contributed by atoms with Crippen LogP contribution in [0.5, 0.6) is 0 Å². The van der Waals surface area contributed by atoms with E-state index in [4.69, 9.17) is 4.74 Å². The monoisotopic (exact) mass is 290 g/mol. The maximum atomic E-state index is 6.06. The molecule has 1 saturated heterocycles. The zero-order valence-electron chi connectivity index (χ0n) is 13.7. The van der Waals surface area contributed by atoms with E-state index in [1.165, 1.54) is 5.56 Å². The summed E-state index contributed by atoms with van der Waals surface area (Å²) in [6.07, 6.45) is 2.55. The maximum absolute atomic E-state index is 6.06. The predicted molar refractivity (Wildman–Crippen MR) is 88.7 cm³/mol. The Balaban J connectivity index is 1.91. The summed E-state index contributed by atoms with van der Waals surface area (Å²) in [6, 6.07) is 11.8. The van der Waals surface area contributed by atoms with E-state index in [1.807, 2.05) is 0 Å². The van der Waals surface area contributed by atoms with Crippen LogP contribution in [0.1, 0.15) is 32.8 Å². The first-order valence-electron chi connectivity index (χ1n) is 8.33. The molecule has 3 nitrogen and oxygen atoms in total. The van der Waals surface area contributed by atoms with Gasteiger partial charge in [0.15, 0.2) is 0 Å². The lowest BCUT2D eigenvalue weighted by Gasteiger charge is -2.39. The van der Waals surface area contributed by atoms with Gasteiger partial charge in [-0.15, -0.1) is 0 Å². The van der Waals surface area contributed by atoms with Crippen molar-refractivity contribution in [3.63, 3.8) is 0 Å². The quantitative estimate of drug-likeness (QED) is 0.835. The van der Waals surface area contributed by atoms with Gasteiger partial charge in [-0.3, -0.25) is 4.90 Å². The second-order valence-electron chi connectivity index (χ2n) is 6.19. The van der Waals surface area contributed by atoms with Crippen LogP contribution in [0, 0.1) is 0 Å².